The van der Waals surface area contributed by atoms with Crippen LogP contribution in [0.3, 0.4) is 0 Å². The Bertz CT molecular complexity index is 467. The molecular formula is C11H12N2O2. The molecule has 4 heteroatoms. The monoisotopic (exact) mass is 204 g/mol. The molecule has 1 aromatic heterocycles. The van der Waals surface area contributed by atoms with Gasteiger partial charge in [0.1, 0.15) is 11.5 Å². The number of hydrogen-bond acceptors (Lipinski definition) is 3. The molecule has 0 atom stereocenters. The lowest BCUT2D eigenvalue weighted by Crippen LogP contribution is -2.01. The van der Waals surface area contributed by atoms with Gasteiger partial charge in [-0.25, -0.2) is 0 Å². The highest BCUT2D eigenvalue weighted by atomic mass is 16.3. The number of aromatic hydroxyl groups is 1. The smallest absolute Gasteiger partial charge is 0.241 e. The van der Waals surface area contributed by atoms with Crippen LogP contribution < -0.4 is 0 Å². The Morgan fingerprint density at radius 2 is 2.20 bits per heavy atom. The van der Waals surface area contributed by atoms with E-state index < -0.39 is 0 Å². The summed E-state index contributed by atoms with van der Waals surface area (Å²) in [4.78, 5) is 14.7. The van der Waals surface area contributed by atoms with Gasteiger partial charge in [0.2, 0.25) is 5.88 Å². The number of carbonyl (C=O) groups excluding carboxylic acids is 1. The van der Waals surface area contributed by atoms with Crippen LogP contribution in [0.4, 0.5) is 0 Å². The highest BCUT2D eigenvalue weighted by Gasteiger charge is 2.18. The summed E-state index contributed by atoms with van der Waals surface area (Å²) in [6.07, 6.45) is 8.08. The molecule has 0 saturated carbocycles. The molecule has 0 fully saturated rings. The van der Waals surface area contributed by atoms with Crippen LogP contribution in [0.15, 0.2) is 12.2 Å². The van der Waals surface area contributed by atoms with Gasteiger partial charge in [-0.05, 0) is 6.08 Å². The third kappa shape index (κ3) is 1.58. The van der Waals surface area contributed by atoms with E-state index in [1.165, 1.54) is 0 Å². The second kappa shape index (κ2) is 3.08. The Kier molecular flexibility index (Phi) is 2.00. The van der Waals surface area contributed by atoms with Crippen LogP contribution in [0.1, 0.15) is 30.2 Å². The zero-order valence-corrected chi connectivity index (χ0v) is 8.64. The highest BCUT2D eigenvalue weighted by Crippen LogP contribution is 2.27. The number of rotatable bonds is 1. The fourth-order valence-electron chi connectivity index (χ4n) is 1.45. The second-order valence-corrected chi connectivity index (χ2v) is 4.14. The number of aromatic nitrogens is 2. The van der Waals surface area contributed by atoms with Gasteiger partial charge in [-0.15, -0.1) is 0 Å². The van der Waals surface area contributed by atoms with Gasteiger partial charge < -0.3 is 5.11 Å². The van der Waals surface area contributed by atoms with Gasteiger partial charge >= 0.3 is 0 Å². The maximum atomic E-state index is 10.8. The van der Waals surface area contributed by atoms with Crippen LogP contribution in [-0.2, 0) is 0 Å². The summed E-state index contributed by atoms with van der Waals surface area (Å²) < 4.78 is 1.58. The summed E-state index contributed by atoms with van der Waals surface area (Å²) in [5, 5.41) is 9.39. The van der Waals surface area contributed by atoms with Crippen molar-refractivity contribution in [3.05, 3.63) is 23.7 Å². The lowest BCUT2D eigenvalue weighted by molar-refractivity contribution is 0.111. The Morgan fingerprint density at radius 1 is 1.47 bits per heavy atom. The quantitative estimate of drug-likeness (QED) is 0.711. The van der Waals surface area contributed by atoms with Crippen LogP contribution in [0.25, 0.3) is 12.3 Å². The average Bonchev–Trinajstić information content (AvgIpc) is 2.40. The molecule has 1 N–H and O–H groups in total. The summed E-state index contributed by atoms with van der Waals surface area (Å²) in [6.45, 7) is 4.10. The average molecular weight is 204 g/mol. The summed E-state index contributed by atoms with van der Waals surface area (Å²) in [7, 11) is 0. The fraction of sp³-hybridized carbons (Fsp3) is 0.273. The van der Waals surface area contributed by atoms with E-state index in [4.69, 9.17) is 0 Å². The summed E-state index contributed by atoms with van der Waals surface area (Å²) in [5.41, 5.74) is 0.111. The van der Waals surface area contributed by atoms with E-state index in [1.54, 1.807) is 16.8 Å². The molecule has 1 aromatic rings. The number of aldehydes is 1. The normalized spacial score (nSPS) is 17.2. The van der Waals surface area contributed by atoms with Gasteiger partial charge in [-0.2, -0.15) is 4.98 Å². The van der Waals surface area contributed by atoms with Crippen molar-refractivity contribution in [3.8, 4) is 5.88 Å². The molecule has 0 saturated heterocycles. The van der Waals surface area contributed by atoms with Crippen molar-refractivity contribution in [1.29, 1.82) is 0 Å². The van der Waals surface area contributed by atoms with E-state index in [9.17, 15) is 9.90 Å². The first-order valence-electron chi connectivity index (χ1n) is 4.68. The summed E-state index contributed by atoms with van der Waals surface area (Å²) in [6, 6.07) is 0. The van der Waals surface area contributed by atoms with E-state index in [-0.39, 0.29) is 17.0 Å². The van der Waals surface area contributed by atoms with Crippen molar-refractivity contribution in [2.24, 2.45) is 5.41 Å². The van der Waals surface area contributed by atoms with E-state index in [2.05, 4.69) is 4.98 Å². The van der Waals surface area contributed by atoms with E-state index in [0.29, 0.717) is 12.1 Å². The van der Waals surface area contributed by atoms with Gasteiger partial charge in [-0.1, -0.05) is 26.0 Å². The maximum absolute atomic E-state index is 10.8. The van der Waals surface area contributed by atoms with Gasteiger partial charge in [0.15, 0.2) is 6.29 Å². The third-order valence-corrected chi connectivity index (χ3v) is 2.38. The van der Waals surface area contributed by atoms with Crippen LogP contribution >= 0.6 is 0 Å². The first-order valence-corrected chi connectivity index (χ1v) is 4.68. The van der Waals surface area contributed by atoms with Crippen molar-refractivity contribution in [2.45, 2.75) is 13.8 Å². The molecule has 0 unspecified atom stereocenters. The first kappa shape index (κ1) is 9.71. The summed E-state index contributed by atoms with van der Waals surface area (Å²) >= 11 is 0. The van der Waals surface area contributed by atoms with Crippen molar-refractivity contribution < 1.29 is 9.90 Å². The minimum Gasteiger partial charge on any atom is -0.492 e. The van der Waals surface area contributed by atoms with Crippen molar-refractivity contribution in [2.75, 3.05) is 0 Å². The Morgan fingerprint density at radius 3 is 2.87 bits per heavy atom. The molecule has 2 rings (SSSR count). The molecule has 0 spiro atoms. The van der Waals surface area contributed by atoms with Gasteiger partial charge in [0.25, 0.3) is 0 Å². The zero-order chi connectivity index (χ0) is 11.1. The minimum absolute atomic E-state index is 0.0729. The van der Waals surface area contributed by atoms with Gasteiger partial charge in [0.05, 0.1) is 0 Å². The number of nitrogens with zero attached hydrogens (tertiary/aromatic N) is 2. The molecule has 0 aromatic carbocycles. The third-order valence-electron chi connectivity index (χ3n) is 2.38. The van der Waals surface area contributed by atoms with Gasteiger partial charge in [0, 0.05) is 11.6 Å². The topological polar surface area (TPSA) is 55.1 Å². The van der Waals surface area contributed by atoms with Crippen LogP contribution in [0.2, 0.25) is 0 Å². The SMILES string of the molecule is CC1(C)C=Cc2nc(O)c(C=O)n2C=C1. The van der Waals surface area contributed by atoms with Crippen molar-refractivity contribution in [1.82, 2.24) is 9.55 Å². The van der Waals surface area contributed by atoms with Crippen molar-refractivity contribution in [3.63, 3.8) is 0 Å². The first-order chi connectivity index (χ1) is 7.03. The summed E-state index contributed by atoms with van der Waals surface area (Å²) in [5.74, 6) is 0.338. The molecule has 0 bridgehead atoms. The Balaban J connectivity index is 2.61. The predicted molar refractivity (Wildman–Crippen MR) is 57.4 cm³/mol. The standard InChI is InChI=1S/C11H12N2O2/c1-11(2)4-3-9-12-10(15)8(7-14)13(9)6-5-11/h3-7,15H,1-2H3. The lowest BCUT2D eigenvalue weighted by Gasteiger charge is -2.11. The zero-order valence-electron chi connectivity index (χ0n) is 8.64. The Hall–Kier alpha value is -1.84. The largest absolute Gasteiger partial charge is 0.492 e. The molecule has 78 valence electrons. The van der Waals surface area contributed by atoms with E-state index in [1.807, 2.05) is 26.0 Å². The lowest BCUT2D eigenvalue weighted by atomic mass is 9.93. The van der Waals surface area contributed by atoms with E-state index in [0.717, 1.165) is 0 Å². The molecule has 0 aliphatic carbocycles. The number of imidazole rings is 1. The molecule has 1 aliphatic heterocycles. The molecule has 15 heavy (non-hydrogen) atoms. The molecule has 0 amide bonds. The van der Waals surface area contributed by atoms with E-state index >= 15 is 0 Å². The van der Waals surface area contributed by atoms with Crippen LogP contribution in [0.5, 0.6) is 5.88 Å². The minimum atomic E-state index is -0.228. The second-order valence-electron chi connectivity index (χ2n) is 4.14. The highest BCUT2D eigenvalue weighted by molar-refractivity contribution is 5.78. The molecule has 1 aliphatic rings. The Labute approximate surface area is 87.6 Å². The van der Waals surface area contributed by atoms with Gasteiger partial charge in [-0.3, -0.25) is 9.36 Å². The molecular weight excluding hydrogens is 192 g/mol. The van der Waals surface area contributed by atoms with Crippen LogP contribution in [0, 0.1) is 5.41 Å². The number of carbonyl (C=O) groups is 1. The molecule has 4 nitrogen and oxygen atoms in total. The molecule has 2 heterocycles. The fourth-order valence-corrected chi connectivity index (χ4v) is 1.45. The molecule has 0 radical (unpaired) electrons. The number of allylic oxidation sites excluding steroid dienone is 2. The van der Waals surface area contributed by atoms with Crippen molar-refractivity contribution >= 4 is 18.6 Å². The maximum Gasteiger partial charge on any atom is 0.241 e. The predicted octanol–water partition coefficient (Wildman–Crippen LogP) is 1.92. The number of hydrogen-bond donors (Lipinski definition) is 1. The number of fused-ring (bicyclic) bond motifs is 1. The van der Waals surface area contributed by atoms with Crippen LogP contribution in [-0.4, -0.2) is 20.9 Å².